The minimum atomic E-state index is -1.17. The zero-order chi connectivity index (χ0) is 33.4. The maximum absolute atomic E-state index is 14.0. The van der Waals surface area contributed by atoms with Crippen LogP contribution in [0.15, 0.2) is 54.6 Å². The Balaban J connectivity index is 1.42. The number of nitrogens with zero attached hydrogens (tertiary/aromatic N) is 2. The number of carboxylic acids is 1. The molecule has 4 rings (SSSR count). The highest BCUT2D eigenvalue weighted by Gasteiger charge is 2.42. The molecule has 2 aromatic carbocycles. The Kier molecular flexibility index (Phi) is 11.8. The zero-order valence-corrected chi connectivity index (χ0v) is 26.4. The lowest BCUT2D eigenvalue weighted by Crippen LogP contribution is -2.59. The number of hydrogen-bond acceptors (Lipinski definition) is 7. The second-order valence-corrected chi connectivity index (χ2v) is 12.3. The van der Waals surface area contributed by atoms with Gasteiger partial charge in [-0.25, -0.2) is 4.79 Å². The molecule has 0 unspecified atom stereocenters. The summed E-state index contributed by atoms with van der Waals surface area (Å²) in [6.45, 7) is 4.42. The molecule has 6 N–H and O–H groups in total. The van der Waals surface area contributed by atoms with Crippen molar-refractivity contribution in [1.29, 1.82) is 0 Å². The van der Waals surface area contributed by atoms with Crippen molar-refractivity contribution in [3.63, 3.8) is 0 Å². The van der Waals surface area contributed by atoms with E-state index in [0.717, 1.165) is 11.1 Å². The van der Waals surface area contributed by atoms with E-state index >= 15 is 0 Å². The van der Waals surface area contributed by atoms with E-state index in [1.54, 1.807) is 36.4 Å². The third-order valence-electron chi connectivity index (χ3n) is 9.06. The van der Waals surface area contributed by atoms with Crippen molar-refractivity contribution in [2.24, 2.45) is 11.7 Å². The number of phenolic OH excluding ortho intramolecular Hbond substituents is 1. The Hall–Kier alpha value is -4.45. The number of nitrogens with two attached hydrogens (primary N) is 1. The van der Waals surface area contributed by atoms with E-state index in [4.69, 9.17) is 5.73 Å². The smallest absolute Gasteiger partial charge is 0.326 e. The van der Waals surface area contributed by atoms with Gasteiger partial charge >= 0.3 is 5.97 Å². The fourth-order valence-electron chi connectivity index (χ4n) is 6.22. The summed E-state index contributed by atoms with van der Waals surface area (Å²) in [5.41, 5.74) is 7.79. The maximum Gasteiger partial charge on any atom is 0.326 e. The van der Waals surface area contributed by atoms with Crippen LogP contribution in [0.4, 0.5) is 0 Å². The highest BCUT2D eigenvalue weighted by Crippen LogP contribution is 2.24. The van der Waals surface area contributed by atoms with E-state index in [1.165, 1.54) is 21.9 Å². The average Bonchev–Trinajstić information content (AvgIpc) is 3.74. The van der Waals surface area contributed by atoms with Crippen LogP contribution in [0.3, 0.4) is 0 Å². The Morgan fingerprint density at radius 2 is 1.37 bits per heavy atom. The molecule has 2 saturated heterocycles. The van der Waals surface area contributed by atoms with E-state index in [9.17, 15) is 34.2 Å². The van der Waals surface area contributed by atoms with E-state index in [-0.39, 0.29) is 30.4 Å². The Morgan fingerprint density at radius 3 is 1.93 bits per heavy atom. The molecule has 12 heteroatoms. The van der Waals surface area contributed by atoms with Crippen LogP contribution in [-0.2, 0) is 36.8 Å². The van der Waals surface area contributed by atoms with Gasteiger partial charge in [-0.05, 0) is 61.3 Å². The number of carbonyl (C=O) groups is 5. The summed E-state index contributed by atoms with van der Waals surface area (Å²) in [7, 11) is 0. The van der Waals surface area contributed by atoms with Gasteiger partial charge in [0.05, 0.1) is 6.04 Å². The van der Waals surface area contributed by atoms with E-state index in [1.807, 2.05) is 19.9 Å². The normalized spacial score (nSPS) is 20.4. The molecule has 0 radical (unpaired) electrons. The molecular formula is C34H45N5O7. The second kappa shape index (κ2) is 15.7. The summed E-state index contributed by atoms with van der Waals surface area (Å²) in [6.07, 6.45) is 2.89. The summed E-state index contributed by atoms with van der Waals surface area (Å²) >= 11 is 0. The van der Waals surface area contributed by atoms with Crippen molar-refractivity contribution in [3.8, 4) is 5.75 Å². The zero-order valence-electron chi connectivity index (χ0n) is 26.4. The van der Waals surface area contributed by atoms with Gasteiger partial charge in [-0.15, -0.1) is 0 Å². The van der Waals surface area contributed by atoms with Gasteiger partial charge in [-0.2, -0.15) is 0 Å². The van der Waals surface area contributed by atoms with Gasteiger partial charge in [-0.1, -0.05) is 62.7 Å². The van der Waals surface area contributed by atoms with Gasteiger partial charge in [0.25, 0.3) is 0 Å². The van der Waals surface area contributed by atoms with Crippen LogP contribution in [-0.4, -0.2) is 92.9 Å². The second-order valence-electron chi connectivity index (χ2n) is 12.3. The maximum atomic E-state index is 14.0. The van der Waals surface area contributed by atoms with Crippen LogP contribution in [0, 0.1) is 5.92 Å². The number of amides is 4. The van der Waals surface area contributed by atoms with Crippen molar-refractivity contribution in [2.75, 3.05) is 13.1 Å². The number of benzene rings is 2. The number of carbonyl (C=O) groups excluding carboxylic acids is 4. The summed E-state index contributed by atoms with van der Waals surface area (Å²) < 4.78 is 0. The molecule has 2 aromatic rings. The molecule has 0 spiro atoms. The van der Waals surface area contributed by atoms with Crippen LogP contribution >= 0.6 is 0 Å². The number of rotatable bonds is 13. The number of aromatic hydroxyl groups is 1. The van der Waals surface area contributed by atoms with Gasteiger partial charge in [-0.3, -0.25) is 19.2 Å². The standard InChI is InChI=1S/C34H45N5O7/c1-3-21(2)29(37-31(42)28-12-7-17-38(28)32(43)25(35)19-23-13-15-24(40)16-14-23)33(44)39-18-8-11-27(39)30(41)36-26(34(45)46)20-22-9-5-4-6-10-22/h4-6,9-10,13-16,21,25-29,40H,3,7-8,11-12,17-20,35H2,1-2H3,(H,36,41)(H,37,42)(H,45,46)/t21-,25-,26-,27-,28-,29-/m0/s1. The number of aliphatic carboxylic acids is 1. The first-order valence-electron chi connectivity index (χ1n) is 16.0. The summed E-state index contributed by atoms with van der Waals surface area (Å²) in [4.78, 5) is 69.2. The van der Waals surface area contributed by atoms with Crippen LogP contribution in [0.25, 0.3) is 0 Å². The van der Waals surface area contributed by atoms with Gasteiger partial charge in [0.2, 0.25) is 23.6 Å². The van der Waals surface area contributed by atoms with Crippen LogP contribution in [0.2, 0.25) is 0 Å². The quantitative estimate of drug-likeness (QED) is 0.220. The largest absolute Gasteiger partial charge is 0.508 e. The van der Waals surface area contributed by atoms with Gasteiger partial charge < -0.3 is 36.4 Å². The van der Waals surface area contributed by atoms with Crippen LogP contribution in [0.5, 0.6) is 5.75 Å². The lowest BCUT2D eigenvalue weighted by atomic mass is 9.96. The summed E-state index contributed by atoms with van der Waals surface area (Å²) in [5, 5.41) is 24.8. The predicted molar refractivity (Wildman–Crippen MR) is 170 cm³/mol. The fraction of sp³-hybridized carbons (Fsp3) is 0.500. The van der Waals surface area contributed by atoms with E-state index in [2.05, 4.69) is 10.6 Å². The van der Waals surface area contributed by atoms with Crippen LogP contribution in [0.1, 0.15) is 57.1 Å². The Morgan fingerprint density at radius 1 is 0.826 bits per heavy atom. The molecular weight excluding hydrogens is 590 g/mol. The molecule has 0 bridgehead atoms. The molecule has 0 aromatic heterocycles. The average molecular weight is 636 g/mol. The fourth-order valence-corrected chi connectivity index (χ4v) is 6.22. The SMILES string of the molecule is CC[C@H](C)[C@H](NC(=O)[C@@H]1CCCN1C(=O)[C@@H](N)Cc1ccc(O)cc1)C(=O)N1CCC[C@H]1C(=O)N[C@@H](Cc1ccccc1)C(=O)O. The molecule has 2 aliphatic rings. The molecule has 0 saturated carbocycles. The van der Waals surface area contributed by atoms with Crippen molar-refractivity contribution in [2.45, 2.75) is 89.0 Å². The predicted octanol–water partition coefficient (Wildman–Crippen LogP) is 1.59. The topological polar surface area (TPSA) is 182 Å². The van der Waals surface area contributed by atoms with Crippen molar-refractivity contribution >= 4 is 29.6 Å². The Labute approximate surface area is 269 Å². The molecule has 2 aliphatic heterocycles. The van der Waals surface area contributed by atoms with Crippen molar-refractivity contribution < 1.29 is 34.2 Å². The highest BCUT2D eigenvalue weighted by molar-refractivity contribution is 5.96. The third-order valence-corrected chi connectivity index (χ3v) is 9.06. The molecule has 4 amide bonds. The molecule has 12 nitrogen and oxygen atoms in total. The molecule has 248 valence electrons. The van der Waals surface area contributed by atoms with E-state index < -0.39 is 53.9 Å². The van der Waals surface area contributed by atoms with Gasteiger partial charge in [0.1, 0.15) is 29.9 Å². The minimum Gasteiger partial charge on any atom is -0.508 e. The van der Waals surface area contributed by atoms with Gasteiger partial charge in [0, 0.05) is 19.5 Å². The first-order valence-corrected chi connectivity index (χ1v) is 16.0. The highest BCUT2D eigenvalue weighted by atomic mass is 16.4. The molecule has 0 aliphatic carbocycles. The molecule has 2 fully saturated rings. The van der Waals surface area contributed by atoms with Crippen molar-refractivity contribution in [1.82, 2.24) is 20.4 Å². The number of carboxylic acid groups (broad SMARTS) is 1. The summed E-state index contributed by atoms with van der Waals surface area (Å²) in [6, 6.07) is 10.8. The number of nitrogens with one attached hydrogen (secondary N) is 2. The lowest BCUT2D eigenvalue weighted by Gasteiger charge is -2.33. The molecule has 2 heterocycles. The van der Waals surface area contributed by atoms with E-state index in [0.29, 0.717) is 45.2 Å². The first-order chi connectivity index (χ1) is 22.0. The summed E-state index contributed by atoms with van der Waals surface area (Å²) in [5.74, 6) is -3.09. The van der Waals surface area contributed by atoms with Gasteiger partial charge in [0.15, 0.2) is 0 Å². The molecule has 46 heavy (non-hydrogen) atoms. The number of phenols is 1. The number of likely N-dealkylation sites (tertiary alicyclic amines) is 2. The Bertz CT molecular complexity index is 1390. The van der Waals surface area contributed by atoms with Crippen molar-refractivity contribution in [3.05, 3.63) is 65.7 Å². The monoisotopic (exact) mass is 635 g/mol. The molecule has 6 atom stereocenters. The lowest BCUT2D eigenvalue weighted by molar-refractivity contribution is -0.146. The minimum absolute atomic E-state index is 0.101. The third kappa shape index (κ3) is 8.42. The number of hydrogen-bond donors (Lipinski definition) is 5. The first kappa shape index (κ1) is 34.4. The van der Waals surface area contributed by atoms with Crippen LogP contribution < -0.4 is 16.4 Å².